The summed E-state index contributed by atoms with van der Waals surface area (Å²) < 4.78 is 14.7. The second kappa shape index (κ2) is 5.99. The number of nitrogens with two attached hydrogens (primary N) is 1. The quantitative estimate of drug-likeness (QED) is 0.794. The molecule has 0 aliphatic carbocycles. The topological polar surface area (TPSA) is 26.0 Å². The Morgan fingerprint density at radius 3 is 2.67 bits per heavy atom. The Morgan fingerprint density at radius 2 is 1.94 bits per heavy atom. The summed E-state index contributed by atoms with van der Waals surface area (Å²) in [6, 6.07) is 12.2. The van der Waals surface area contributed by atoms with E-state index < -0.39 is 0 Å². The monoisotopic (exact) mass is 375 g/mol. The molecule has 0 radical (unpaired) electrons. The van der Waals surface area contributed by atoms with E-state index in [-0.39, 0.29) is 11.9 Å². The minimum Gasteiger partial charge on any atom is -0.324 e. The smallest absolute Gasteiger partial charge is 0.126 e. The van der Waals surface area contributed by atoms with Crippen LogP contribution < -0.4 is 5.73 Å². The second-order valence-electron chi connectivity index (χ2n) is 4.07. The number of hydrogen-bond acceptors (Lipinski definition) is 1. The van der Waals surface area contributed by atoms with Gasteiger partial charge in [0.05, 0.1) is 0 Å². The van der Waals surface area contributed by atoms with Crippen molar-refractivity contribution in [3.8, 4) is 0 Å². The molecule has 0 aliphatic rings. The van der Waals surface area contributed by atoms with Crippen molar-refractivity contribution in [2.24, 2.45) is 5.73 Å². The van der Waals surface area contributed by atoms with E-state index in [0.717, 1.165) is 9.13 Å². The third kappa shape index (κ3) is 3.22. The Labute approximate surface area is 124 Å². The van der Waals surface area contributed by atoms with Crippen molar-refractivity contribution in [1.29, 1.82) is 0 Å². The van der Waals surface area contributed by atoms with Crippen molar-refractivity contribution < 1.29 is 4.39 Å². The third-order valence-electron chi connectivity index (χ3n) is 2.75. The first-order valence-electron chi connectivity index (χ1n) is 5.52. The zero-order chi connectivity index (χ0) is 13.1. The first-order chi connectivity index (χ1) is 8.58. The second-order valence-corrected chi connectivity index (χ2v) is 5.67. The number of benzene rings is 2. The minimum absolute atomic E-state index is 0.230. The van der Waals surface area contributed by atoms with Crippen molar-refractivity contribution in [2.75, 3.05) is 0 Å². The van der Waals surface area contributed by atoms with Gasteiger partial charge in [-0.25, -0.2) is 4.39 Å². The molecular weight excluding hydrogens is 364 g/mol. The van der Waals surface area contributed by atoms with Crippen molar-refractivity contribution in [3.05, 3.63) is 68.0 Å². The van der Waals surface area contributed by atoms with E-state index in [4.69, 9.17) is 17.3 Å². The maximum Gasteiger partial charge on any atom is 0.126 e. The summed E-state index contributed by atoms with van der Waals surface area (Å²) in [5.74, 6) is -0.263. The van der Waals surface area contributed by atoms with Gasteiger partial charge in [-0.15, -0.1) is 0 Å². The lowest BCUT2D eigenvalue weighted by atomic mass is 9.99. The van der Waals surface area contributed by atoms with Crippen LogP contribution in [0, 0.1) is 9.39 Å². The highest BCUT2D eigenvalue weighted by Gasteiger charge is 2.13. The molecule has 2 N–H and O–H groups in total. The van der Waals surface area contributed by atoms with Crippen molar-refractivity contribution in [1.82, 2.24) is 0 Å². The molecule has 0 aromatic heterocycles. The van der Waals surface area contributed by atoms with Gasteiger partial charge in [0.15, 0.2) is 0 Å². The van der Waals surface area contributed by atoms with Crippen LogP contribution in [0.3, 0.4) is 0 Å². The van der Waals surface area contributed by atoms with Gasteiger partial charge < -0.3 is 5.73 Å². The van der Waals surface area contributed by atoms with Crippen molar-refractivity contribution in [2.45, 2.75) is 12.5 Å². The highest BCUT2D eigenvalue weighted by Crippen LogP contribution is 2.24. The predicted molar refractivity (Wildman–Crippen MR) is 81.2 cm³/mol. The number of halogens is 3. The van der Waals surface area contributed by atoms with Crippen LogP contribution in [-0.2, 0) is 6.42 Å². The molecule has 0 saturated heterocycles. The van der Waals surface area contributed by atoms with Crippen LogP contribution in [0.4, 0.5) is 4.39 Å². The third-order valence-corrected chi connectivity index (χ3v) is 3.97. The summed E-state index contributed by atoms with van der Waals surface area (Å²) in [5, 5.41) is 0.529. The molecule has 0 saturated carbocycles. The normalized spacial score (nSPS) is 12.4. The maximum atomic E-state index is 13.6. The summed E-state index contributed by atoms with van der Waals surface area (Å²) in [6.07, 6.45) is 0.437. The zero-order valence-corrected chi connectivity index (χ0v) is 12.5. The van der Waals surface area contributed by atoms with Gasteiger partial charge in [0.1, 0.15) is 5.82 Å². The van der Waals surface area contributed by atoms with Gasteiger partial charge in [-0.1, -0.05) is 29.8 Å². The van der Waals surface area contributed by atoms with Crippen LogP contribution in [0.1, 0.15) is 17.2 Å². The largest absolute Gasteiger partial charge is 0.324 e. The lowest BCUT2D eigenvalue weighted by molar-refractivity contribution is 0.593. The van der Waals surface area contributed by atoms with E-state index in [2.05, 4.69) is 22.6 Å². The molecule has 1 unspecified atom stereocenters. The first kappa shape index (κ1) is 13.8. The summed E-state index contributed by atoms with van der Waals surface area (Å²) in [4.78, 5) is 0. The van der Waals surface area contributed by atoms with Gasteiger partial charge in [0.2, 0.25) is 0 Å². The fourth-order valence-electron chi connectivity index (χ4n) is 1.82. The standard InChI is InChI=1S/C14H12ClFIN/c15-10-5-6-12(16)9(7-10)8-14(18)11-3-1-2-4-13(11)17/h1-7,14H,8,18H2. The Hall–Kier alpha value is -0.650. The van der Waals surface area contributed by atoms with Crippen LogP contribution in [-0.4, -0.2) is 0 Å². The Morgan fingerprint density at radius 1 is 1.22 bits per heavy atom. The van der Waals surface area contributed by atoms with Crippen LogP contribution in [0.15, 0.2) is 42.5 Å². The van der Waals surface area contributed by atoms with Gasteiger partial charge >= 0.3 is 0 Å². The first-order valence-corrected chi connectivity index (χ1v) is 6.97. The van der Waals surface area contributed by atoms with E-state index in [1.807, 2.05) is 24.3 Å². The van der Waals surface area contributed by atoms with Crippen LogP contribution >= 0.6 is 34.2 Å². The lowest BCUT2D eigenvalue weighted by Crippen LogP contribution is -2.15. The minimum atomic E-state index is -0.263. The molecule has 0 amide bonds. The van der Waals surface area contributed by atoms with Crippen LogP contribution in [0.25, 0.3) is 0 Å². The van der Waals surface area contributed by atoms with Gasteiger partial charge in [0.25, 0.3) is 0 Å². The number of rotatable bonds is 3. The highest BCUT2D eigenvalue weighted by molar-refractivity contribution is 14.1. The molecule has 2 rings (SSSR count). The summed E-state index contributed by atoms with van der Waals surface area (Å²) >= 11 is 8.10. The van der Waals surface area contributed by atoms with Crippen LogP contribution in [0.5, 0.6) is 0 Å². The van der Waals surface area contributed by atoms with E-state index in [9.17, 15) is 4.39 Å². The van der Waals surface area contributed by atoms with E-state index >= 15 is 0 Å². The molecule has 1 nitrogen and oxygen atoms in total. The molecule has 1 atom stereocenters. The molecule has 0 fully saturated rings. The molecule has 0 spiro atoms. The molecule has 0 heterocycles. The van der Waals surface area contributed by atoms with E-state index in [0.29, 0.717) is 17.0 Å². The summed E-state index contributed by atoms with van der Waals surface area (Å²) in [7, 11) is 0. The molecule has 0 bridgehead atoms. The van der Waals surface area contributed by atoms with E-state index in [1.165, 1.54) is 12.1 Å². The Kier molecular flexibility index (Phi) is 4.59. The Bertz CT molecular complexity index is 559. The lowest BCUT2D eigenvalue weighted by Gasteiger charge is -2.14. The molecule has 2 aromatic carbocycles. The van der Waals surface area contributed by atoms with Gasteiger partial charge in [-0.3, -0.25) is 0 Å². The molecule has 2 aromatic rings. The molecule has 94 valence electrons. The van der Waals surface area contributed by atoms with Crippen molar-refractivity contribution in [3.63, 3.8) is 0 Å². The van der Waals surface area contributed by atoms with Gasteiger partial charge in [0, 0.05) is 14.6 Å². The van der Waals surface area contributed by atoms with Crippen LogP contribution in [0.2, 0.25) is 5.02 Å². The predicted octanol–water partition coefficient (Wildman–Crippen LogP) is 4.33. The number of hydrogen-bond donors (Lipinski definition) is 1. The SMILES string of the molecule is NC(Cc1cc(Cl)ccc1F)c1ccccc1I. The highest BCUT2D eigenvalue weighted by atomic mass is 127. The molecule has 0 aliphatic heterocycles. The van der Waals surface area contributed by atoms with E-state index in [1.54, 1.807) is 6.07 Å². The molecule has 4 heteroatoms. The summed E-state index contributed by atoms with van der Waals surface area (Å²) in [5.41, 5.74) is 7.71. The zero-order valence-electron chi connectivity index (χ0n) is 9.54. The summed E-state index contributed by atoms with van der Waals surface area (Å²) in [6.45, 7) is 0. The maximum absolute atomic E-state index is 13.6. The Balaban J connectivity index is 2.24. The fraction of sp³-hybridized carbons (Fsp3) is 0.143. The average molecular weight is 376 g/mol. The molecular formula is C14H12ClFIN. The fourth-order valence-corrected chi connectivity index (χ4v) is 2.80. The van der Waals surface area contributed by atoms with Gasteiger partial charge in [-0.05, 0) is 64.4 Å². The molecule has 18 heavy (non-hydrogen) atoms. The average Bonchev–Trinajstić information content (AvgIpc) is 2.34. The van der Waals surface area contributed by atoms with Gasteiger partial charge in [-0.2, -0.15) is 0 Å². The van der Waals surface area contributed by atoms with Crippen molar-refractivity contribution >= 4 is 34.2 Å².